The van der Waals surface area contributed by atoms with E-state index in [4.69, 9.17) is 30.8 Å². The molecule has 1 saturated carbocycles. The average Bonchev–Trinajstić information content (AvgIpc) is 2.87. The van der Waals surface area contributed by atoms with Gasteiger partial charge in [0.15, 0.2) is 12.2 Å². The Labute approximate surface area is 184 Å². The number of benzene rings is 1. The van der Waals surface area contributed by atoms with Crippen molar-refractivity contribution in [1.29, 1.82) is 0 Å². The second kappa shape index (κ2) is 10.4. The predicted octanol–water partition coefficient (Wildman–Crippen LogP) is 3.34. The zero-order chi connectivity index (χ0) is 35.5. The van der Waals surface area contributed by atoms with Crippen LogP contribution in [0.1, 0.15) is 77.2 Å². The Kier molecular flexibility index (Phi) is 2.65. The number of nitrogens with zero attached hydrogens (tertiary/aromatic N) is 1. The topological polar surface area (TPSA) is 49.8 Å². The van der Waals surface area contributed by atoms with E-state index >= 15 is 0 Å². The lowest BCUT2D eigenvalue weighted by Gasteiger charge is -2.36. The van der Waals surface area contributed by atoms with Crippen molar-refractivity contribution < 1.29 is 40.7 Å². The van der Waals surface area contributed by atoms with Crippen LogP contribution >= 0.6 is 0 Å². The maximum atomic E-state index is 13.6. The monoisotopic (exact) mass is 376 g/mol. The molecule has 0 bridgehead atoms. The van der Waals surface area contributed by atoms with E-state index < -0.39 is 94.8 Å². The molecule has 1 atom stereocenters. The maximum absolute atomic E-state index is 13.6. The molecule has 0 radical (unpaired) electrons. The van der Waals surface area contributed by atoms with Crippen LogP contribution in [0.4, 0.5) is 0 Å². The number of carbonyl (C=O) groups excluding carboxylic acids is 1. The summed E-state index contributed by atoms with van der Waals surface area (Å²) in [6, 6.07) is 5.47. The molecule has 0 aromatic heterocycles. The number of carbonyl (C=O) groups is 1. The number of hydrogen-bond acceptors (Lipinski definition) is 4. The molecule has 142 valence electrons. The summed E-state index contributed by atoms with van der Waals surface area (Å²) in [4.78, 5) is 14.0. The van der Waals surface area contributed by atoms with Gasteiger partial charge in [0.25, 0.3) is 0 Å². The average molecular weight is 377 g/mol. The Morgan fingerprint density at radius 2 is 2.04 bits per heavy atom. The number of rotatable bonds is 7. The van der Waals surface area contributed by atoms with E-state index in [1.807, 2.05) is 11.8 Å². The summed E-state index contributed by atoms with van der Waals surface area (Å²) in [6.45, 7) is -11.9. The van der Waals surface area contributed by atoms with Crippen LogP contribution in [0.2, 0.25) is 0 Å². The molecule has 2 rings (SSSR count). The fourth-order valence-corrected chi connectivity index (χ4v) is 1.97. The van der Waals surface area contributed by atoms with Crippen LogP contribution in [-0.4, -0.2) is 42.2 Å². The first kappa shape index (κ1) is 6.65. The third kappa shape index (κ3) is 5.09. The van der Waals surface area contributed by atoms with Crippen molar-refractivity contribution in [2.24, 2.45) is 5.89 Å². The van der Waals surface area contributed by atoms with E-state index in [0.717, 1.165) is 24.3 Å². The van der Waals surface area contributed by atoms with E-state index in [1.54, 1.807) is 0 Å². The van der Waals surface area contributed by atoms with Crippen molar-refractivity contribution in [3.05, 3.63) is 35.9 Å². The second-order valence-corrected chi connectivity index (χ2v) is 4.92. The SMILES string of the molecule is [2H]C([2H])([2H])CN(CC([2H])([2H])[2H])C([2H])([2H])C#CCOC(=O)C(O)(c1ccccc1)C1([2H])C([2H])([2H])C([2H])([2H])C([2H])([2H])C([2H])([2H])C1([2H])[2H]. The molecule has 1 aliphatic rings. The first-order chi connectivity index (χ1) is 19.8. The molecule has 4 heteroatoms. The van der Waals surface area contributed by atoms with Crippen LogP contribution in [-0.2, 0) is 15.1 Å². The molecule has 26 heavy (non-hydrogen) atoms. The second-order valence-electron chi connectivity index (χ2n) is 4.92. The fraction of sp³-hybridized carbons (Fsp3) is 0.591. The molecule has 1 aromatic carbocycles. The van der Waals surface area contributed by atoms with Gasteiger partial charge in [-0.25, -0.2) is 4.79 Å². The number of hydrogen-bond donors (Lipinski definition) is 1. The molecule has 0 saturated heterocycles. The minimum Gasteiger partial charge on any atom is -0.450 e. The van der Waals surface area contributed by atoms with Gasteiger partial charge in [0.2, 0.25) is 0 Å². The van der Waals surface area contributed by atoms with E-state index in [9.17, 15) is 9.90 Å². The van der Waals surface area contributed by atoms with Gasteiger partial charge in [0.05, 0.1) is 9.24 Å². The zero-order valence-corrected chi connectivity index (χ0v) is 13.7. The smallest absolute Gasteiger partial charge is 0.344 e. The summed E-state index contributed by atoms with van der Waals surface area (Å²) in [6.07, 6.45) is -20.4. The Morgan fingerprint density at radius 1 is 1.35 bits per heavy atom. The lowest BCUT2D eigenvalue weighted by molar-refractivity contribution is -0.174. The standard InChI is InChI=1S/C22H31NO3/c1-3-23(4-2)17-11-12-18-26-21(24)22(25,19-13-7-5-8-14-19)20-15-9-6-10-16-20/h5,7-8,13-14,20,25H,3-4,6,9-10,15-18H2,1-2H3/i1D3,2D3,6D2,9D2,10D2,15D2,16D2,17D2,20D. The molecule has 1 unspecified atom stereocenters. The van der Waals surface area contributed by atoms with Crippen LogP contribution in [0.25, 0.3) is 0 Å². The van der Waals surface area contributed by atoms with E-state index in [1.165, 1.54) is 6.07 Å². The molecule has 0 spiro atoms. The Bertz CT molecular complexity index is 1270. The van der Waals surface area contributed by atoms with Gasteiger partial charge < -0.3 is 9.84 Å². The fourth-order valence-electron chi connectivity index (χ4n) is 1.97. The van der Waals surface area contributed by atoms with Crippen LogP contribution in [0, 0.1) is 17.7 Å². The molecule has 0 aliphatic heterocycles. The van der Waals surface area contributed by atoms with Crippen LogP contribution in [0.3, 0.4) is 0 Å². The van der Waals surface area contributed by atoms with Crippen LogP contribution in [0.15, 0.2) is 30.3 Å². The van der Waals surface area contributed by atoms with Crippen molar-refractivity contribution in [3.63, 3.8) is 0 Å². The number of ether oxygens (including phenoxy) is 1. The summed E-state index contributed by atoms with van der Waals surface area (Å²) in [7, 11) is 0. The number of aliphatic hydroxyl groups is 1. The van der Waals surface area contributed by atoms with Crippen molar-refractivity contribution in [3.8, 4) is 11.8 Å². The molecule has 1 fully saturated rings. The normalized spacial score (nSPS) is 40.5. The highest BCUT2D eigenvalue weighted by atomic mass is 16.5. The summed E-state index contributed by atoms with van der Waals surface area (Å²) in [5, 5.41) is 11.9. The van der Waals surface area contributed by atoms with Gasteiger partial charge in [-0.2, -0.15) is 0 Å². The first-order valence-corrected chi connectivity index (χ1v) is 7.50. The molecule has 4 nitrogen and oxygen atoms in total. The number of esters is 1. The van der Waals surface area contributed by atoms with Crippen LogP contribution < -0.4 is 0 Å². The summed E-state index contributed by atoms with van der Waals surface area (Å²) in [5.41, 5.74) is -4.68. The largest absolute Gasteiger partial charge is 0.450 e. The van der Waals surface area contributed by atoms with Gasteiger partial charge in [-0.1, -0.05) is 75.0 Å². The van der Waals surface area contributed by atoms with Gasteiger partial charge in [-0.05, 0) is 31.4 Å². The third-order valence-electron chi connectivity index (χ3n) is 3.31. The van der Waals surface area contributed by atoms with Gasteiger partial charge >= 0.3 is 5.97 Å². The Morgan fingerprint density at radius 3 is 2.69 bits per heavy atom. The van der Waals surface area contributed by atoms with E-state index in [2.05, 4.69) is 0 Å². The van der Waals surface area contributed by atoms with Crippen molar-refractivity contribution in [1.82, 2.24) is 4.90 Å². The third-order valence-corrected chi connectivity index (χ3v) is 3.31. The molecular weight excluding hydrogens is 326 g/mol. The maximum Gasteiger partial charge on any atom is 0.344 e. The minimum absolute atomic E-state index is 0.393. The Balaban J connectivity index is 2.67. The summed E-state index contributed by atoms with van der Waals surface area (Å²) < 4.78 is 157. The highest BCUT2D eigenvalue weighted by molar-refractivity contribution is 5.81. The summed E-state index contributed by atoms with van der Waals surface area (Å²) >= 11 is 0. The first-order valence-electron chi connectivity index (χ1n) is 17.0. The summed E-state index contributed by atoms with van der Waals surface area (Å²) in [5.74, 6) is -2.40. The van der Waals surface area contributed by atoms with Crippen molar-refractivity contribution in [2.75, 3.05) is 26.2 Å². The minimum atomic E-state index is -4.22. The van der Waals surface area contributed by atoms with Crippen molar-refractivity contribution in [2.45, 2.75) is 51.2 Å². The molecule has 0 heterocycles. The quantitative estimate of drug-likeness (QED) is 0.586. The van der Waals surface area contributed by atoms with Crippen LogP contribution in [0.5, 0.6) is 0 Å². The van der Waals surface area contributed by atoms with Gasteiger partial charge in [-0.3, -0.25) is 4.90 Å². The van der Waals surface area contributed by atoms with Gasteiger partial charge in [-0.15, -0.1) is 0 Å². The van der Waals surface area contributed by atoms with E-state index in [-0.39, 0.29) is 0 Å². The van der Waals surface area contributed by atoms with Crippen molar-refractivity contribution >= 4 is 5.97 Å². The molecule has 1 N–H and O–H groups in total. The van der Waals surface area contributed by atoms with E-state index in [0.29, 0.717) is 4.90 Å². The van der Waals surface area contributed by atoms with Gasteiger partial charge in [0.1, 0.15) is 0 Å². The molecule has 1 aromatic rings. The Hall–Kier alpha value is -1.83. The molecule has 1 aliphatic carbocycles. The lowest BCUT2D eigenvalue weighted by atomic mass is 9.73. The highest BCUT2D eigenvalue weighted by Crippen LogP contribution is 2.40. The predicted molar refractivity (Wildman–Crippen MR) is 103 cm³/mol. The lowest BCUT2D eigenvalue weighted by Crippen LogP contribution is -2.45. The molecular formula is C22H31NO3. The highest BCUT2D eigenvalue weighted by Gasteiger charge is 2.46. The molecule has 0 amide bonds. The zero-order valence-electron chi connectivity index (χ0n) is 32.7. The van der Waals surface area contributed by atoms with Gasteiger partial charge in [0, 0.05) is 29.2 Å².